The quantitative estimate of drug-likeness (QED) is 0.700. The van der Waals surface area contributed by atoms with Gasteiger partial charge in [0, 0.05) is 11.8 Å². The van der Waals surface area contributed by atoms with Crippen LogP contribution in [0.1, 0.15) is 34.1 Å². The Balaban J connectivity index is 1.50. The van der Waals surface area contributed by atoms with E-state index in [1.165, 1.54) is 27.3 Å². The highest BCUT2D eigenvalue weighted by molar-refractivity contribution is 6.08. The van der Waals surface area contributed by atoms with Crippen molar-refractivity contribution in [1.29, 1.82) is 0 Å². The highest BCUT2D eigenvalue weighted by Crippen LogP contribution is 2.60. The van der Waals surface area contributed by atoms with E-state index >= 15 is 0 Å². The summed E-state index contributed by atoms with van der Waals surface area (Å²) >= 11 is 0. The fourth-order valence-electron chi connectivity index (χ4n) is 5.43. The van der Waals surface area contributed by atoms with Gasteiger partial charge in [-0.25, -0.2) is 0 Å². The molecule has 2 atom stereocenters. The molecule has 3 aromatic rings. The molecule has 0 radical (unpaired) electrons. The minimum atomic E-state index is -0.349. The zero-order valence-corrected chi connectivity index (χ0v) is 15.1. The Kier molecular flexibility index (Phi) is 3.10. The molecule has 3 aliphatic carbocycles. The summed E-state index contributed by atoms with van der Waals surface area (Å²) in [6.07, 6.45) is 0. The first-order valence-electron chi connectivity index (χ1n) is 9.63. The molecule has 28 heavy (non-hydrogen) atoms. The van der Waals surface area contributed by atoms with Crippen LogP contribution < -0.4 is 5.43 Å². The van der Waals surface area contributed by atoms with Crippen molar-refractivity contribution in [3.63, 3.8) is 0 Å². The van der Waals surface area contributed by atoms with Gasteiger partial charge >= 0.3 is 0 Å². The maximum atomic E-state index is 13.4. The number of hydrogen-bond donors (Lipinski definition) is 1. The van der Waals surface area contributed by atoms with E-state index in [9.17, 15) is 9.59 Å². The maximum absolute atomic E-state index is 13.4. The van der Waals surface area contributed by atoms with Crippen LogP contribution >= 0.6 is 0 Å². The summed E-state index contributed by atoms with van der Waals surface area (Å²) in [6, 6.07) is 26.0. The molecule has 1 saturated heterocycles. The number of imide groups is 1. The number of nitrogens with zero attached hydrogens (tertiary/aromatic N) is 1. The zero-order valence-electron chi connectivity index (χ0n) is 15.1. The Morgan fingerprint density at radius 1 is 0.571 bits per heavy atom. The number of amides is 2. The third-order valence-electron chi connectivity index (χ3n) is 6.46. The molecule has 7 rings (SSSR count). The zero-order chi connectivity index (χ0) is 18.8. The molecule has 136 valence electrons. The fraction of sp³-hybridized carbons (Fsp3) is 0.167. The molecule has 1 aliphatic heterocycles. The summed E-state index contributed by atoms with van der Waals surface area (Å²) in [5.41, 5.74) is 8.55. The number of nitrogens with one attached hydrogen (secondary N) is 1. The van der Waals surface area contributed by atoms with E-state index in [4.69, 9.17) is 0 Å². The van der Waals surface area contributed by atoms with E-state index in [-0.39, 0.29) is 35.5 Å². The van der Waals surface area contributed by atoms with E-state index in [1.807, 2.05) is 54.6 Å². The maximum Gasteiger partial charge on any atom is 0.253 e. The molecule has 4 heteroatoms. The van der Waals surface area contributed by atoms with Gasteiger partial charge in [-0.1, -0.05) is 66.7 Å². The first kappa shape index (κ1) is 15.6. The predicted octanol–water partition coefficient (Wildman–Crippen LogP) is 3.91. The minimum absolute atomic E-state index is 0.0681. The number of carbonyl (C=O) groups is 2. The number of carbonyl (C=O) groups excluding carboxylic acids is 2. The van der Waals surface area contributed by atoms with Crippen LogP contribution in [0.25, 0.3) is 0 Å². The number of hydrogen-bond acceptors (Lipinski definition) is 3. The predicted molar refractivity (Wildman–Crippen MR) is 105 cm³/mol. The summed E-state index contributed by atoms with van der Waals surface area (Å²) < 4.78 is 0. The molecule has 0 aromatic heterocycles. The topological polar surface area (TPSA) is 49.4 Å². The normalized spacial score (nSPS) is 26.6. The number of hydrazine groups is 1. The van der Waals surface area contributed by atoms with Crippen LogP contribution in [0.5, 0.6) is 0 Å². The lowest BCUT2D eigenvalue weighted by Gasteiger charge is -2.45. The molecule has 0 saturated carbocycles. The van der Waals surface area contributed by atoms with Crippen LogP contribution in [-0.4, -0.2) is 16.8 Å². The third kappa shape index (κ3) is 1.89. The summed E-state index contributed by atoms with van der Waals surface area (Å²) in [5, 5.41) is 1.25. The molecule has 1 N–H and O–H groups in total. The van der Waals surface area contributed by atoms with Crippen LogP contribution in [0.3, 0.4) is 0 Å². The first-order chi connectivity index (χ1) is 13.8. The van der Waals surface area contributed by atoms with Gasteiger partial charge in [0.15, 0.2) is 0 Å². The van der Waals surface area contributed by atoms with Crippen molar-refractivity contribution in [3.8, 4) is 0 Å². The third-order valence-corrected chi connectivity index (χ3v) is 6.46. The molecular weight excluding hydrogens is 348 g/mol. The van der Waals surface area contributed by atoms with Crippen LogP contribution in [0.15, 0.2) is 78.9 Å². The average molecular weight is 366 g/mol. The van der Waals surface area contributed by atoms with Crippen molar-refractivity contribution < 1.29 is 9.59 Å². The number of anilines is 1. The standard InChI is InChI=1S/C24H18N2O2/c27-23-21-19-15-10-4-5-11-16(15)20(18-13-7-6-12-17(18)19)22(21)24(28)26(23)25-14-8-2-1-3-9-14/h1-13,19-22,25H/t19?,20?,21-,22-/m1/s1. The highest BCUT2D eigenvalue weighted by atomic mass is 16.2. The van der Waals surface area contributed by atoms with E-state index in [1.54, 1.807) is 0 Å². The largest absolute Gasteiger partial charge is 0.289 e. The Labute approximate surface area is 162 Å². The van der Waals surface area contributed by atoms with Gasteiger partial charge < -0.3 is 0 Å². The van der Waals surface area contributed by atoms with Gasteiger partial charge in [0.2, 0.25) is 0 Å². The summed E-state index contributed by atoms with van der Waals surface area (Å²) in [7, 11) is 0. The monoisotopic (exact) mass is 366 g/mol. The van der Waals surface area contributed by atoms with Crippen LogP contribution in [0.4, 0.5) is 5.69 Å². The molecule has 3 aromatic carbocycles. The Morgan fingerprint density at radius 2 is 0.964 bits per heavy atom. The van der Waals surface area contributed by atoms with Gasteiger partial charge in [-0.05, 0) is 34.4 Å². The molecule has 2 amide bonds. The second kappa shape index (κ2) is 5.55. The SMILES string of the molecule is O=C1[C@@H]2C3c4ccccc4C(c4ccccc43)[C@H]2C(=O)N1Nc1ccccc1. The average Bonchev–Trinajstić information content (AvgIpc) is 3.00. The first-order valence-corrected chi connectivity index (χ1v) is 9.63. The van der Waals surface area contributed by atoms with E-state index in [2.05, 4.69) is 29.7 Å². The van der Waals surface area contributed by atoms with Crippen LogP contribution in [0.2, 0.25) is 0 Å². The molecule has 4 aliphatic rings. The second-order valence-electron chi connectivity index (χ2n) is 7.75. The Morgan fingerprint density at radius 3 is 1.39 bits per heavy atom. The van der Waals surface area contributed by atoms with Crippen molar-refractivity contribution in [2.24, 2.45) is 11.8 Å². The Hall–Kier alpha value is -3.40. The van der Waals surface area contributed by atoms with Crippen LogP contribution in [-0.2, 0) is 9.59 Å². The van der Waals surface area contributed by atoms with Crippen molar-refractivity contribution in [2.75, 3.05) is 5.43 Å². The van der Waals surface area contributed by atoms with Gasteiger partial charge in [0.05, 0.1) is 17.5 Å². The van der Waals surface area contributed by atoms with Crippen molar-refractivity contribution >= 4 is 17.5 Å². The fourth-order valence-corrected chi connectivity index (χ4v) is 5.43. The minimum Gasteiger partial charge on any atom is -0.289 e. The van der Waals surface area contributed by atoms with Gasteiger partial charge in [0.25, 0.3) is 11.8 Å². The lowest BCUT2D eigenvalue weighted by molar-refractivity contribution is -0.138. The lowest BCUT2D eigenvalue weighted by Crippen LogP contribution is -2.41. The second-order valence-corrected chi connectivity index (χ2v) is 7.75. The summed E-state index contributed by atoms with van der Waals surface area (Å²) in [6.45, 7) is 0. The smallest absolute Gasteiger partial charge is 0.253 e. The van der Waals surface area contributed by atoms with Crippen molar-refractivity contribution in [2.45, 2.75) is 11.8 Å². The molecule has 4 nitrogen and oxygen atoms in total. The van der Waals surface area contributed by atoms with E-state index < -0.39 is 0 Å². The van der Waals surface area contributed by atoms with E-state index in [0.717, 1.165) is 5.69 Å². The van der Waals surface area contributed by atoms with E-state index in [0.29, 0.717) is 0 Å². The lowest BCUT2D eigenvalue weighted by atomic mass is 9.55. The number of para-hydroxylation sites is 1. The summed E-state index contributed by atoms with van der Waals surface area (Å²) in [5.74, 6) is -1.09. The molecular formula is C24H18N2O2. The van der Waals surface area contributed by atoms with Gasteiger partial charge in [-0.3, -0.25) is 15.0 Å². The van der Waals surface area contributed by atoms with Crippen LogP contribution in [0, 0.1) is 11.8 Å². The van der Waals surface area contributed by atoms with Gasteiger partial charge in [-0.15, -0.1) is 0 Å². The van der Waals surface area contributed by atoms with Crippen molar-refractivity contribution in [1.82, 2.24) is 5.01 Å². The van der Waals surface area contributed by atoms with Gasteiger partial charge in [-0.2, -0.15) is 5.01 Å². The van der Waals surface area contributed by atoms with Crippen molar-refractivity contribution in [3.05, 3.63) is 101 Å². The molecule has 2 bridgehead atoms. The number of benzene rings is 3. The molecule has 1 heterocycles. The number of rotatable bonds is 2. The summed E-state index contributed by atoms with van der Waals surface area (Å²) in [4.78, 5) is 26.8. The van der Waals surface area contributed by atoms with Gasteiger partial charge in [0.1, 0.15) is 0 Å². The molecule has 1 fully saturated rings. The molecule has 0 spiro atoms. The Bertz CT molecular complexity index is 1010. The highest BCUT2D eigenvalue weighted by Gasteiger charge is 2.61. The molecule has 0 unspecified atom stereocenters.